The smallest absolute Gasteiger partial charge is 0.257 e. The van der Waals surface area contributed by atoms with Crippen molar-refractivity contribution in [2.24, 2.45) is 5.10 Å². The van der Waals surface area contributed by atoms with Gasteiger partial charge in [0.2, 0.25) is 0 Å². The molecule has 4 nitrogen and oxygen atoms in total. The number of amides is 1. The zero-order valence-electron chi connectivity index (χ0n) is 14.1. The van der Waals surface area contributed by atoms with Crippen LogP contribution in [0.5, 0.6) is 0 Å². The zero-order valence-corrected chi connectivity index (χ0v) is 18.9. The highest BCUT2D eigenvalue weighted by atomic mass is 79.9. The molecule has 140 valence electrons. The number of carbonyl (C=O) groups is 1. The van der Waals surface area contributed by atoms with Crippen molar-refractivity contribution in [1.82, 2.24) is 10.3 Å². The fourth-order valence-corrected chi connectivity index (χ4v) is 3.62. The first kappa shape index (κ1) is 21.8. The molecule has 0 bridgehead atoms. The van der Waals surface area contributed by atoms with Crippen LogP contribution >= 0.6 is 56.3 Å². The van der Waals surface area contributed by atoms with Crippen LogP contribution in [-0.2, 0) is 0 Å². The van der Waals surface area contributed by atoms with E-state index in [1.54, 1.807) is 23.2 Å². The number of nitrogens with one attached hydrogen (secondary N) is 1. The molecular formula is C19H16Br2ClN3OS. The highest BCUT2D eigenvalue weighted by molar-refractivity contribution is 9.10. The van der Waals surface area contributed by atoms with Gasteiger partial charge in [0.1, 0.15) is 0 Å². The van der Waals surface area contributed by atoms with Crippen LogP contribution < -0.4 is 5.32 Å². The van der Waals surface area contributed by atoms with E-state index >= 15 is 0 Å². The second-order valence-corrected chi connectivity index (χ2v) is 7.58. The maximum atomic E-state index is 12.4. The van der Waals surface area contributed by atoms with Crippen molar-refractivity contribution in [2.75, 3.05) is 6.54 Å². The molecule has 0 radical (unpaired) electrons. The predicted octanol–water partition coefficient (Wildman–Crippen LogP) is 5.91. The van der Waals surface area contributed by atoms with Gasteiger partial charge < -0.3 is 0 Å². The Bertz CT molecular complexity index is 900. The number of nitrogens with zero attached hydrogens (tertiary/aromatic N) is 2. The summed E-state index contributed by atoms with van der Waals surface area (Å²) in [5.74, 6) is -0.209. The van der Waals surface area contributed by atoms with Gasteiger partial charge in [0.15, 0.2) is 5.17 Å². The minimum Gasteiger partial charge on any atom is -0.299 e. The molecule has 2 aromatic carbocycles. The molecule has 1 aliphatic heterocycles. The maximum absolute atomic E-state index is 12.4. The fourth-order valence-electron chi connectivity index (χ4n) is 2.31. The molecule has 2 aromatic rings. The number of rotatable bonds is 4. The van der Waals surface area contributed by atoms with Gasteiger partial charge in [0.25, 0.3) is 5.91 Å². The van der Waals surface area contributed by atoms with E-state index < -0.39 is 0 Å². The molecule has 0 spiro atoms. The Morgan fingerprint density at radius 1 is 1.30 bits per heavy atom. The Morgan fingerprint density at radius 2 is 2.04 bits per heavy atom. The van der Waals surface area contributed by atoms with Crippen molar-refractivity contribution in [3.05, 3.63) is 87.2 Å². The molecule has 27 heavy (non-hydrogen) atoms. The summed E-state index contributed by atoms with van der Waals surface area (Å²) in [7, 11) is 0. The summed E-state index contributed by atoms with van der Waals surface area (Å²) in [6, 6.07) is 14.8. The van der Waals surface area contributed by atoms with Crippen molar-refractivity contribution in [3.8, 4) is 0 Å². The van der Waals surface area contributed by atoms with E-state index in [9.17, 15) is 4.79 Å². The first-order chi connectivity index (χ1) is 12.6. The fraction of sp³-hybridized carbons (Fsp3) is 0.0526. The lowest BCUT2D eigenvalue weighted by Gasteiger charge is -2.25. The van der Waals surface area contributed by atoms with E-state index in [0.717, 1.165) is 15.7 Å². The summed E-state index contributed by atoms with van der Waals surface area (Å²) in [4.78, 5) is 12.4. The van der Waals surface area contributed by atoms with Crippen LogP contribution in [0.15, 0.2) is 76.2 Å². The van der Waals surface area contributed by atoms with Crippen LogP contribution in [0.4, 0.5) is 0 Å². The second-order valence-electron chi connectivity index (χ2n) is 5.37. The normalized spacial score (nSPS) is 13.2. The predicted molar refractivity (Wildman–Crippen MR) is 123 cm³/mol. The highest BCUT2D eigenvalue weighted by Crippen LogP contribution is 2.29. The molecule has 3 rings (SSSR count). The molecule has 0 aromatic heterocycles. The minimum absolute atomic E-state index is 0. The van der Waals surface area contributed by atoms with Crippen LogP contribution in [0, 0.1) is 0 Å². The first-order valence-corrected chi connectivity index (χ1v) is 9.78. The maximum Gasteiger partial charge on any atom is 0.257 e. The van der Waals surface area contributed by atoms with Gasteiger partial charge in [-0.1, -0.05) is 63.6 Å². The number of hydrogen-bond acceptors (Lipinski definition) is 4. The average Bonchev–Trinajstić information content (AvgIpc) is 2.63. The molecule has 0 saturated heterocycles. The minimum atomic E-state index is -0.209. The van der Waals surface area contributed by atoms with Crippen molar-refractivity contribution >= 4 is 73.0 Å². The third-order valence-corrected chi connectivity index (χ3v) is 5.01. The van der Waals surface area contributed by atoms with Gasteiger partial charge in [-0.3, -0.25) is 15.1 Å². The first-order valence-electron chi connectivity index (χ1n) is 7.73. The number of amidine groups is 1. The van der Waals surface area contributed by atoms with E-state index in [4.69, 9.17) is 11.6 Å². The molecule has 1 amide bonds. The Labute approximate surface area is 186 Å². The summed E-state index contributed by atoms with van der Waals surface area (Å²) < 4.78 is 0.849. The van der Waals surface area contributed by atoms with Gasteiger partial charge in [-0.2, -0.15) is 0 Å². The third-order valence-electron chi connectivity index (χ3n) is 3.52. The van der Waals surface area contributed by atoms with E-state index in [1.807, 2.05) is 41.8 Å². The second kappa shape index (κ2) is 10.1. The van der Waals surface area contributed by atoms with Gasteiger partial charge in [-0.25, -0.2) is 0 Å². The summed E-state index contributed by atoms with van der Waals surface area (Å²) in [6.07, 6.45) is 1.76. The molecule has 1 aliphatic rings. The monoisotopic (exact) mass is 527 g/mol. The Morgan fingerprint density at radius 3 is 2.70 bits per heavy atom. The van der Waals surface area contributed by atoms with Gasteiger partial charge in [0.05, 0.1) is 12.2 Å². The number of thioether (sulfide) groups is 1. The topological polar surface area (TPSA) is 44.7 Å². The molecular weight excluding hydrogens is 514 g/mol. The van der Waals surface area contributed by atoms with E-state index in [0.29, 0.717) is 22.3 Å². The molecule has 0 fully saturated rings. The lowest BCUT2D eigenvalue weighted by atomic mass is 10.1. The van der Waals surface area contributed by atoms with Crippen LogP contribution in [0.1, 0.15) is 15.9 Å². The SMILES string of the molecule is Br.C=CCN1N=C(NC(=O)c2cccc(Br)c2)SC=C1c1ccc(Cl)cc1. The number of carbonyl (C=O) groups excluding carboxylic acids is 1. The summed E-state index contributed by atoms with van der Waals surface area (Å²) in [6.45, 7) is 4.30. The van der Waals surface area contributed by atoms with Crippen molar-refractivity contribution in [3.63, 3.8) is 0 Å². The summed E-state index contributed by atoms with van der Waals surface area (Å²) in [5.41, 5.74) is 2.47. The summed E-state index contributed by atoms with van der Waals surface area (Å²) >= 11 is 10.7. The van der Waals surface area contributed by atoms with Crippen LogP contribution in [0.2, 0.25) is 5.02 Å². The molecule has 0 unspecified atom stereocenters. The van der Waals surface area contributed by atoms with Crippen LogP contribution in [0.3, 0.4) is 0 Å². The van der Waals surface area contributed by atoms with Crippen molar-refractivity contribution in [1.29, 1.82) is 0 Å². The lowest BCUT2D eigenvalue weighted by molar-refractivity contribution is 0.0977. The third kappa shape index (κ3) is 5.72. The molecule has 1 N–H and O–H groups in total. The Hall–Kier alpha value is -1.54. The largest absolute Gasteiger partial charge is 0.299 e. The van der Waals surface area contributed by atoms with Crippen molar-refractivity contribution in [2.45, 2.75) is 0 Å². The van der Waals surface area contributed by atoms with Crippen LogP contribution in [-0.4, -0.2) is 22.6 Å². The molecule has 0 atom stereocenters. The van der Waals surface area contributed by atoms with Gasteiger partial charge >= 0.3 is 0 Å². The van der Waals surface area contributed by atoms with Gasteiger partial charge in [0, 0.05) is 26.0 Å². The number of benzene rings is 2. The van der Waals surface area contributed by atoms with Crippen molar-refractivity contribution < 1.29 is 4.79 Å². The van der Waals surface area contributed by atoms with Gasteiger partial charge in [-0.15, -0.1) is 28.7 Å². The molecule has 8 heteroatoms. The van der Waals surface area contributed by atoms with E-state index in [1.165, 1.54) is 11.8 Å². The number of hydrogen-bond donors (Lipinski definition) is 1. The highest BCUT2D eigenvalue weighted by Gasteiger charge is 2.19. The molecule has 0 saturated carbocycles. The standard InChI is InChI=1S/C19H15BrClN3OS.BrH/c1-2-10-24-17(13-6-8-16(21)9-7-13)12-26-19(23-24)22-18(25)14-4-3-5-15(20)11-14;/h2-9,11-12H,1,10H2,(H,22,23,25);1H. The van der Waals surface area contributed by atoms with E-state index in [-0.39, 0.29) is 22.9 Å². The lowest BCUT2D eigenvalue weighted by Crippen LogP contribution is -2.32. The average molecular weight is 530 g/mol. The molecule has 1 heterocycles. The Balaban J connectivity index is 0.00000261. The van der Waals surface area contributed by atoms with E-state index in [2.05, 4.69) is 32.9 Å². The molecule has 0 aliphatic carbocycles. The summed E-state index contributed by atoms with van der Waals surface area (Å²) in [5, 5.41) is 12.3. The zero-order chi connectivity index (χ0) is 18.5. The number of hydrazone groups is 1. The Kier molecular flexibility index (Phi) is 8.16. The number of halogens is 3. The van der Waals surface area contributed by atoms with Gasteiger partial charge in [-0.05, 0) is 30.3 Å². The quantitative estimate of drug-likeness (QED) is 0.501. The van der Waals surface area contributed by atoms with Crippen LogP contribution in [0.25, 0.3) is 5.70 Å².